The van der Waals surface area contributed by atoms with Crippen molar-refractivity contribution in [3.63, 3.8) is 0 Å². The van der Waals surface area contributed by atoms with E-state index in [1.54, 1.807) is 0 Å². The normalized spacial score (nSPS) is 19.6. The maximum Gasteiger partial charge on any atom is 0.338 e. The number of nitrogens with zero attached hydrogens (tertiary/aromatic N) is 3. The lowest BCUT2D eigenvalue weighted by molar-refractivity contribution is -0.213. The zero-order valence-corrected chi connectivity index (χ0v) is 24.5. The molecular formula is C35H30F3N3O5. The summed E-state index contributed by atoms with van der Waals surface area (Å²) in [7, 11) is 0. The highest BCUT2D eigenvalue weighted by molar-refractivity contribution is 5.77. The van der Waals surface area contributed by atoms with Gasteiger partial charge in [-0.05, 0) is 28.8 Å². The van der Waals surface area contributed by atoms with Gasteiger partial charge in [0.2, 0.25) is 0 Å². The van der Waals surface area contributed by atoms with Crippen molar-refractivity contribution in [1.82, 2.24) is 15.0 Å². The van der Waals surface area contributed by atoms with Crippen molar-refractivity contribution in [1.29, 1.82) is 0 Å². The zero-order chi connectivity index (χ0) is 31.9. The van der Waals surface area contributed by atoms with Crippen molar-refractivity contribution in [2.75, 3.05) is 6.61 Å². The monoisotopic (exact) mass is 629 g/mol. The van der Waals surface area contributed by atoms with E-state index < -0.39 is 47.8 Å². The summed E-state index contributed by atoms with van der Waals surface area (Å²) in [6.45, 7) is 0.510. The number of hydrogen-bond donors (Lipinski definition) is 0. The van der Waals surface area contributed by atoms with Crippen LogP contribution in [0.5, 0.6) is 0 Å². The van der Waals surface area contributed by atoms with E-state index in [9.17, 15) is 18.0 Å². The van der Waals surface area contributed by atoms with Gasteiger partial charge in [0.05, 0.1) is 32.6 Å². The first-order valence-corrected chi connectivity index (χ1v) is 14.7. The van der Waals surface area contributed by atoms with Crippen LogP contribution >= 0.6 is 0 Å². The minimum atomic E-state index is -1.59. The third kappa shape index (κ3) is 7.34. The second-order valence-electron chi connectivity index (χ2n) is 10.8. The van der Waals surface area contributed by atoms with Crippen molar-refractivity contribution in [2.24, 2.45) is 0 Å². The standard InChI is InChI=1S/C35H30F3N3O5/c36-27-16-26(17-28(37)31(27)38)29-18-41(40-39-29)32-33(44-20-24-12-6-2-7-13-24)30(22-43-19-23-10-4-1-5-11-23)46-35(42)34(32)45-21-25-14-8-3-9-15-25/h1-18,30,32-34H,19-22H2/t30-,32+,33+,34-/m1/s1. The SMILES string of the molecule is O=C1O[C@H](COCc2ccccc2)[C@H](OCc2ccccc2)[C@H](n2cc(-c3cc(F)c(F)c(F)c3)nn2)[C@H]1OCc1ccccc1. The van der Waals surface area contributed by atoms with Crippen LogP contribution in [0.4, 0.5) is 13.2 Å². The lowest BCUT2D eigenvalue weighted by Crippen LogP contribution is -2.56. The molecule has 0 radical (unpaired) electrons. The van der Waals surface area contributed by atoms with Gasteiger partial charge in [-0.25, -0.2) is 22.6 Å². The first-order chi connectivity index (χ1) is 22.5. The Bertz CT molecular complexity index is 1720. The summed E-state index contributed by atoms with van der Waals surface area (Å²) in [5, 5.41) is 8.32. The first-order valence-electron chi connectivity index (χ1n) is 14.7. The van der Waals surface area contributed by atoms with E-state index in [4.69, 9.17) is 18.9 Å². The molecule has 1 fully saturated rings. The molecule has 0 bridgehead atoms. The molecule has 1 saturated heterocycles. The van der Waals surface area contributed by atoms with Crippen molar-refractivity contribution in [2.45, 2.75) is 44.2 Å². The van der Waals surface area contributed by atoms with Crippen LogP contribution in [0, 0.1) is 17.5 Å². The van der Waals surface area contributed by atoms with Crippen molar-refractivity contribution >= 4 is 5.97 Å². The Morgan fingerprint density at radius 2 is 1.28 bits per heavy atom. The lowest BCUT2D eigenvalue weighted by Gasteiger charge is -2.41. The third-order valence-electron chi connectivity index (χ3n) is 7.56. The minimum absolute atomic E-state index is 0.00205. The molecule has 0 N–H and O–H groups in total. The van der Waals surface area contributed by atoms with E-state index in [-0.39, 0.29) is 37.7 Å². The van der Waals surface area contributed by atoms with Crippen molar-refractivity contribution in [3.8, 4) is 11.3 Å². The quantitative estimate of drug-likeness (QED) is 0.120. The minimum Gasteiger partial charge on any atom is -0.455 e. The molecule has 2 heterocycles. The number of carbonyl (C=O) groups is 1. The Hall–Kier alpha value is -4.84. The summed E-state index contributed by atoms with van der Waals surface area (Å²) in [6, 6.07) is 29.0. The Kier molecular flexibility index (Phi) is 9.82. The van der Waals surface area contributed by atoms with E-state index in [1.807, 2.05) is 91.0 Å². The molecule has 236 valence electrons. The summed E-state index contributed by atoms with van der Waals surface area (Å²) in [5.41, 5.74) is 2.65. The number of aromatic nitrogens is 3. The molecule has 11 heteroatoms. The van der Waals surface area contributed by atoms with Gasteiger partial charge in [-0.1, -0.05) is 96.2 Å². The van der Waals surface area contributed by atoms with Gasteiger partial charge < -0.3 is 18.9 Å². The summed E-state index contributed by atoms with van der Waals surface area (Å²) in [4.78, 5) is 13.6. The number of hydrogen-bond acceptors (Lipinski definition) is 7. The molecule has 46 heavy (non-hydrogen) atoms. The van der Waals surface area contributed by atoms with E-state index >= 15 is 0 Å². The number of cyclic esters (lactones) is 1. The van der Waals surface area contributed by atoms with Crippen LogP contribution in [-0.4, -0.2) is 45.9 Å². The summed E-state index contributed by atoms with van der Waals surface area (Å²) < 4.78 is 67.7. The maximum absolute atomic E-state index is 14.1. The van der Waals surface area contributed by atoms with Gasteiger partial charge in [0.1, 0.15) is 17.8 Å². The second-order valence-corrected chi connectivity index (χ2v) is 10.8. The van der Waals surface area contributed by atoms with Gasteiger partial charge in [0.15, 0.2) is 29.7 Å². The highest BCUT2D eigenvalue weighted by atomic mass is 19.2. The van der Waals surface area contributed by atoms with Crippen LogP contribution in [0.15, 0.2) is 109 Å². The van der Waals surface area contributed by atoms with Crippen LogP contribution in [0.25, 0.3) is 11.3 Å². The molecule has 8 nitrogen and oxygen atoms in total. The predicted molar refractivity (Wildman–Crippen MR) is 160 cm³/mol. The molecule has 0 amide bonds. The fourth-order valence-electron chi connectivity index (χ4n) is 5.26. The van der Waals surface area contributed by atoms with Gasteiger partial charge in [-0.2, -0.15) is 0 Å². The molecule has 1 aliphatic rings. The third-order valence-corrected chi connectivity index (χ3v) is 7.56. The van der Waals surface area contributed by atoms with Gasteiger partial charge in [-0.15, -0.1) is 5.10 Å². The van der Waals surface area contributed by atoms with Crippen LogP contribution in [0.3, 0.4) is 0 Å². The molecule has 1 aromatic heterocycles. The molecule has 0 unspecified atom stereocenters. The van der Waals surface area contributed by atoms with Gasteiger partial charge >= 0.3 is 5.97 Å². The fraction of sp³-hybridized carbons (Fsp3) is 0.229. The summed E-state index contributed by atoms with van der Waals surface area (Å²) in [5.74, 6) is -4.98. The zero-order valence-electron chi connectivity index (χ0n) is 24.5. The number of esters is 1. The Morgan fingerprint density at radius 3 is 1.87 bits per heavy atom. The van der Waals surface area contributed by atoms with Crippen LogP contribution in [0.1, 0.15) is 22.7 Å². The molecular weight excluding hydrogens is 599 g/mol. The van der Waals surface area contributed by atoms with Gasteiger partial charge in [-0.3, -0.25) is 0 Å². The molecule has 4 aromatic carbocycles. The number of rotatable bonds is 12. The molecule has 0 spiro atoms. The van der Waals surface area contributed by atoms with Crippen molar-refractivity contribution in [3.05, 3.63) is 143 Å². The van der Waals surface area contributed by atoms with E-state index in [0.29, 0.717) is 0 Å². The Labute approximate surface area is 263 Å². The number of carbonyl (C=O) groups excluding carboxylic acids is 1. The molecule has 1 aliphatic heterocycles. The van der Waals surface area contributed by atoms with Gasteiger partial charge in [0.25, 0.3) is 0 Å². The predicted octanol–water partition coefficient (Wildman–Crippen LogP) is 6.22. The van der Waals surface area contributed by atoms with Crippen molar-refractivity contribution < 1.29 is 36.9 Å². The van der Waals surface area contributed by atoms with Crippen LogP contribution < -0.4 is 0 Å². The lowest BCUT2D eigenvalue weighted by atomic mass is 9.96. The fourth-order valence-corrected chi connectivity index (χ4v) is 5.26. The smallest absolute Gasteiger partial charge is 0.338 e. The van der Waals surface area contributed by atoms with E-state index in [0.717, 1.165) is 28.8 Å². The van der Waals surface area contributed by atoms with Crippen LogP contribution in [-0.2, 0) is 43.6 Å². The largest absolute Gasteiger partial charge is 0.455 e. The first kappa shape index (κ1) is 31.2. The molecule has 6 rings (SSSR count). The van der Waals surface area contributed by atoms with E-state index in [1.165, 1.54) is 10.9 Å². The number of halogens is 3. The van der Waals surface area contributed by atoms with Gasteiger partial charge in [0, 0.05) is 5.56 Å². The number of ether oxygens (including phenoxy) is 4. The Morgan fingerprint density at radius 1 is 0.739 bits per heavy atom. The Balaban J connectivity index is 1.34. The second kappa shape index (κ2) is 14.5. The summed E-state index contributed by atoms with van der Waals surface area (Å²) in [6.07, 6.45) is -1.53. The molecule has 4 atom stereocenters. The number of benzene rings is 4. The van der Waals surface area contributed by atoms with E-state index in [2.05, 4.69) is 10.3 Å². The average Bonchev–Trinajstić information content (AvgIpc) is 3.57. The molecule has 0 aliphatic carbocycles. The topological polar surface area (TPSA) is 84.7 Å². The molecule has 0 saturated carbocycles. The molecule has 5 aromatic rings. The summed E-state index contributed by atoms with van der Waals surface area (Å²) >= 11 is 0. The average molecular weight is 630 g/mol. The highest BCUT2D eigenvalue weighted by Crippen LogP contribution is 2.34. The highest BCUT2D eigenvalue weighted by Gasteiger charge is 2.49. The maximum atomic E-state index is 14.1. The van der Waals surface area contributed by atoms with Crippen LogP contribution in [0.2, 0.25) is 0 Å².